The summed E-state index contributed by atoms with van der Waals surface area (Å²) in [4.78, 5) is 12.0. The summed E-state index contributed by atoms with van der Waals surface area (Å²) in [5.74, 6) is 0.129. The maximum atomic E-state index is 12.0. The highest BCUT2D eigenvalue weighted by Gasteiger charge is 2.21. The van der Waals surface area contributed by atoms with E-state index >= 15 is 0 Å². The number of sulfonamides is 1. The lowest BCUT2D eigenvalue weighted by molar-refractivity contribution is -0.121. The molecule has 0 saturated carbocycles. The van der Waals surface area contributed by atoms with Gasteiger partial charge in [-0.05, 0) is 24.6 Å². The molecule has 23 heavy (non-hydrogen) atoms. The average molecular weight is 336 g/mol. The van der Waals surface area contributed by atoms with E-state index in [-0.39, 0.29) is 19.0 Å². The number of nitrogens with zero attached hydrogens (tertiary/aromatic N) is 1. The molecule has 1 N–H and O–H groups in total. The van der Waals surface area contributed by atoms with Crippen molar-refractivity contribution in [3.63, 3.8) is 0 Å². The molecule has 0 aliphatic carbocycles. The van der Waals surface area contributed by atoms with Gasteiger partial charge in [0.2, 0.25) is 15.9 Å². The highest BCUT2D eigenvalue weighted by atomic mass is 32.2. The van der Waals surface area contributed by atoms with Crippen LogP contribution in [-0.2, 0) is 27.9 Å². The first-order valence-electron chi connectivity index (χ1n) is 7.14. The van der Waals surface area contributed by atoms with Crippen LogP contribution in [-0.4, -0.2) is 31.4 Å². The number of aryl methyl sites for hydroxylation is 1. The number of carbonyl (C=O) groups excluding carboxylic acids is 1. The monoisotopic (exact) mass is 336 g/mol. The Bertz CT molecular complexity index is 737. The maximum absolute atomic E-state index is 12.0. The molecule has 2 rings (SSSR count). The number of amides is 1. The fraction of sp³-hybridized carbons (Fsp3) is 0.312. The first-order valence-corrected chi connectivity index (χ1v) is 8.99. The summed E-state index contributed by atoms with van der Waals surface area (Å²) >= 11 is 0. The third kappa shape index (κ3) is 5.54. The van der Waals surface area contributed by atoms with Crippen LogP contribution in [0, 0.1) is 6.92 Å². The minimum Gasteiger partial charge on any atom is -0.468 e. The number of rotatable bonds is 7. The Labute approximate surface area is 136 Å². The molecule has 0 fully saturated rings. The summed E-state index contributed by atoms with van der Waals surface area (Å²) in [7, 11) is -3.51. The Hall–Kier alpha value is -2.12. The lowest BCUT2D eigenvalue weighted by atomic mass is 10.1. The molecule has 0 aliphatic heterocycles. The molecule has 0 unspecified atom stereocenters. The summed E-state index contributed by atoms with van der Waals surface area (Å²) in [6.07, 6.45) is 2.54. The number of hydrogen-bond donors (Lipinski definition) is 1. The molecule has 6 nitrogen and oxygen atoms in total. The van der Waals surface area contributed by atoms with Crippen LogP contribution >= 0.6 is 0 Å². The van der Waals surface area contributed by atoms with Crippen LogP contribution in [0.5, 0.6) is 0 Å². The van der Waals surface area contributed by atoms with E-state index in [9.17, 15) is 13.2 Å². The fourth-order valence-electron chi connectivity index (χ4n) is 1.99. The molecule has 2 aromatic rings. The Morgan fingerprint density at radius 1 is 1.22 bits per heavy atom. The molecular weight excluding hydrogens is 316 g/mol. The zero-order chi connectivity index (χ0) is 16.9. The van der Waals surface area contributed by atoms with Crippen molar-refractivity contribution in [2.45, 2.75) is 20.0 Å². The third-order valence-corrected chi connectivity index (χ3v) is 4.51. The fourth-order valence-corrected chi connectivity index (χ4v) is 2.70. The summed E-state index contributed by atoms with van der Waals surface area (Å²) < 4.78 is 29.8. The molecule has 1 aromatic carbocycles. The summed E-state index contributed by atoms with van der Waals surface area (Å²) in [6.45, 7) is 2.13. The van der Waals surface area contributed by atoms with Gasteiger partial charge in [-0.2, -0.15) is 4.31 Å². The Morgan fingerprint density at radius 2 is 1.91 bits per heavy atom. The molecule has 1 amide bonds. The number of benzene rings is 1. The Morgan fingerprint density at radius 3 is 2.48 bits per heavy atom. The van der Waals surface area contributed by atoms with Crippen molar-refractivity contribution in [3.05, 3.63) is 59.5 Å². The first-order chi connectivity index (χ1) is 10.8. The standard InChI is InChI=1S/C16H20N2O4S/c1-13-5-7-14(8-6-13)10-17-16(19)12-18(23(2,20)21)11-15-4-3-9-22-15/h3-9H,10-12H2,1-2H3,(H,17,19). The molecule has 1 aromatic heterocycles. The van der Waals surface area contributed by atoms with Gasteiger partial charge in [0.05, 0.1) is 25.6 Å². The van der Waals surface area contributed by atoms with E-state index in [0.29, 0.717) is 12.3 Å². The van der Waals surface area contributed by atoms with E-state index in [2.05, 4.69) is 5.32 Å². The summed E-state index contributed by atoms with van der Waals surface area (Å²) in [5, 5.41) is 2.72. The van der Waals surface area contributed by atoms with E-state index in [1.807, 2.05) is 31.2 Å². The van der Waals surface area contributed by atoms with Crippen LogP contribution in [0.3, 0.4) is 0 Å². The maximum Gasteiger partial charge on any atom is 0.235 e. The zero-order valence-corrected chi connectivity index (χ0v) is 14.0. The molecular formula is C16H20N2O4S. The molecule has 0 aliphatic rings. The third-order valence-electron chi connectivity index (χ3n) is 3.31. The predicted molar refractivity (Wildman–Crippen MR) is 87.0 cm³/mol. The second-order valence-electron chi connectivity index (χ2n) is 5.37. The van der Waals surface area contributed by atoms with Gasteiger partial charge in [-0.25, -0.2) is 8.42 Å². The topological polar surface area (TPSA) is 79.6 Å². The SMILES string of the molecule is Cc1ccc(CNC(=O)CN(Cc2ccco2)S(C)(=O)=O)cc1. The molecule has 0 radical (unpaired) electrons. The van der Waals surface area contributed by atoms with Gasteiger partial charge < -0.3 is 9.73 Å². The lowest BCUT2D eigenvalue weighted by Gasteiger charge is -2.18. The van der Waals surface area contributed by atoms with E-state index in [1.165, 1.54) is 6.26 Å². The average Bonchev–Trinajstić information content (AvgIpc) is 2.98. The van der Waals surface area contributed by atoms with Crippen molar-refractivity contribution in [3.8, 4) is 0 Å². The molecule has 0 saturated heterocycles. The predicted octanol–water partition coefficient (Wildman–Crippen LogP) is 1.67. The van der Waals surface area contributed by atoms with E-state index in [4.69, 9.17) is 4.42 Å². The number of nitrogens with one attached hydrogen (secondary N) is 1. The van der Waals surface area contributed by atoms with Crippen molar-refractivity contribution in [2.24, 2.45) is 0 Å². The first kappa shape index (κ1) is 17.2. The van der Waals surface area contributed by atoms with Crippen molar-refractivity contribution >= 4 is 15.9 Å². The minimum atomic E-state index is -3.51. The normalized spacial score (nSPS) is 11.6. The summed E-state index contributed by atoms with van der Waals surface area (Å²) in [6, 6.07) is 11.1. The van der Waals surface area contributed by atoms with E-state index in [0.717, 1.165) is 21.7 Å². The van der Waals surface area contributed by atoms with Gasteiger partial charge in [0.15, 0.2) is 0 Å². The Balaban J connectivity index is 1.93. The van der Waals surface area contributed by atoms with E-state index in [1.54, 1.807) is 12.1 Å². The molecule has 0 atom stereocenters. The highest BCUT2D eigenvalue weighted by molar-refractivity contribution is 7.88. The smallest absolute Gasteiger partial charge is 0.235 e. The largest absolute Gasteiger partial charge is 0.468 e. The number of furan rings is 1. The second-order valence-corrected chi connectivity index (χ2v) is 7.36. The number of hydrogen-bond acceptors (Lipinski definition) is 4. The molecule has 0 bridgehead atoms. The van der Waals surface area contributed by atoms with Gasteiger partial charge in [0.1, 0.15) is 5.76 Å². The van der Waals surface area contributed by atoms with Crippen LogP contribution in [0.25, 0.3) is 0 Å². The second kappa shape index (κ2) is 7.43. The molecule has 7 heteroatoms. The van der Waals surface area contributed by atoms with Gasteiger partial charge in [0, 0.05) is 6.54 Å². The molecule has 0 spiro atoms. The van der Waals surface area contributed by atoms with Crippen molar-refractivity contribution in [1.29, 1.82) is 0 Å². The quantitative estimate of drug-likeness (QED) is 0.834. The highest BCUT2D eigenvalue weighted by Crippen LogP contribution is 2.09. The van der Waals surface area contributed by atoms with Crippen LogP contribution in [0.1, 0.15) is 16.9 Å². The van der Waals surface area contributed by atoms with Crippen LogP contribution < -0.4 is 5.32 Å². The number of carbonyl (C=O) groups is 1. The van der Waals surface area contributed by atoms with Gasteiger partial charge in [-0.3, -0.25) is 4.79 Å². The van der Waals surface area contributed by atoms with Crippen LogP contribution in [0.2, 0.25) is 0 Å². The lowest BCUT2D eigenvalue weighted by Crippen LogP contribution is -2.39. The van der Waals surface area contributed by atoms with Gasteiger partial charge in [-0.15, -0.1) is 0 Å². The zero-order valence-electron chi connectivity index (χ0n) is 13.2. The summed E-state index contributed by atoms with van der Waals surface area (Å²) in [5.41, 5.74) is 2.10. The molecule has 1 heterocycles. The van der Waals surface area contributed by atoms with Gasteiger partial charge in [-0.1, -0.05) is 29.8 Å². The van der Waals surface area contributed by atoms with Crippen LogP contribution in [0.4, 0.5) is 0 Å². The van der Waals surface area contributed by atoms with Crippen molar-refractivity contribution < 1.29 is 17.6 Å². The minimum absolute atomic E-state index is 0.0315. The van der Waals surface area contributed by atoms with Gasteiger partial charge in [0.25, 0.3) is 0 Å². The van der Waals surface area contributed by atoms with Crippen molar-refractivity contribution in [1.82, 2.24) is 9.62 Å². The van der Waals surface area contributed by atoms with Crippen LogP contribution in [0.15, 0.2) is 47.1 Å². The van der Waals surface area contributed by atoms with E-state index < -0.39 is 10.0 Å². The van der Waals surface area contributed by atoms with Gasteiger partial charge >= 0.3 is 0 Å². The van der Waals surface area contributed by atoms with Crippen molar-refractivity contribution in [2.75, 3.05) is 12.8 Å². The Kier molecular flexibility index (Phi) is 5.57. The molecule has 124 valence electrons.